The fourth-order valence-electron chi connectivity index (χ4n) is 2.63. The highest BCUT2D eigenvalue weighted by Crippen LogP contribution is 2.20. The summed E-state index contributed by atoms with van der Waals surface area (Å²) >= 11 is 0. The van der Waals surface area contributed by atoms with Crippen molar-refractivity contribution in [3.63, 3.8) is 0 Å². The topological polar surface area (TPSA) is 111 Å². The van der Waals surface area contributed by atoms with Crippen LogP contribution in [0.2, 0.25) is 0 Å². The van der Waals surface area contributed by atoms with Gasteiger partial charge >= 0.3 is 0 Å². The maximum absolute atomic E-state index is 12.1. The Hall–Kier alpha value is -3.20. The molecule has 0 fully saturated rings. The molecule has 1 heterocycles. The summed E-state index contributed by atoms with van der Waals surface area (Å²) in [6.45, 7) is 1.92. The molecule has 1 N–H and O–H groups in total. The van der Waals surface area contributed by atoms with E-state index in [0.29, 0.717) is 23.2 Å². The highest BCUT2D eigenvalue weighted by molar-refractivity contribution is 7.90. The Bertz CT molecular complexity index is 1090. The molecule has 3 aromatic rings. The first-order chi connectivity index (χ1) is 14.3. The van der Waals surface area contributed by atoms with Gasteiger partial charge in [-0.1, -0.05) is 18.5 Å². The Labute approximate surface area is 175 Å². The van der Waals surface area contributed by atoms with Gasteiger partial charge in [-0.3, -0.25) is 4.79 Å². The van der Waals surface area contributed by atoms with E-state index in [4.69, 9.17) is 9.26 Å². The second-order valence-electron chi connectivity index (χ2n) is 6.77. The average Bonchev–Trinajstić information content (AvgIpc) is 3.20. The Morgan fingerprint density at radius 1 is 1.10 bits per heavy atom. The number of rotatable bonds is 9. The summed E-state index contributed by atoms with van der Waals surface area (Å²) < 4.78 is 33.7. The van der Waals surface area contributed by atoms with Crippen LogP contribution < -0.4 is 10.1 Å². The molecular formula is C21H23N3O5S. The van der Waals surface area contributed by atoms with Crippen molar-refractivity contribution in [3.05, 3.63) is 54.4 Å². The summed E-state index contributed by atoms with van der Waals surface area (Å²) in [5.74, 6) is 1.30. The van der Waals surface area contributed by atoms with E-state index in [1.165, 1.54) is 24.3 Å². The second-order valence-corrected chi connectivity index (χ2v) is 8.79. The molecule has 158 valence electrons. The molecule has 2 aromatic carbocycles. The molecule has 0 atom stereocenters. The Kier molecular flexibility index (Phi) is 6.83. The van der Waals surface area contributed by atoms with Crippen LogP contribution in [-0.2, 0) is 21.1 Å². The van der Waals surface area contributed by atoms with Crippen LogP contribution in [0.1, 0.15) is 25.7 Å². The Balaban J connectivity index is 1.52. The predicted molar refractivity (Wildman–Crippen MR) is 112 cm³/mol. The highest BCUT2D eigenvalue weighted by Gasteiger charge is 2.10. The van der Waals surface area contributed by atoms with E-state index >= 15 is 0 Å². The largest absolute Gasteiger partial charge is 0.484 e. The molecule has 3 rings (SSSR count). The van der Waals surface area contributed by atoms with Gasteiger partial charge in [-0.05, 0) is 55.0 Å². The Morgan fingerprint density at radius 2 is 1.80 bits per heavy atom. The van der Waals surface area contributed by atoms with Gasteiger partial charge in [-0.2, -0.15) is 4.98 Å². The number of hydrogen-bond donors (Lipinski definition) is 1. The van der Waals surface area contributed by atoms with Crippen LogP contribution in [0.3, 0.4) is 0 Å². The molecule has 0 saturated heterocycles. The number of unbranched alkanes of at least 4 members (excludes halogenated alkanes) is 1. The lowest BCUT2D eigenvalue weighted by Gasteiger charge is -2.08. The normalized spacial score (nSPS) is 11.3. The summed E-state index contributed by atoms with van der Waals surface area (Å²) in [4.78, 5) is 16.6. The number of hydrogen-bond acceptors (Lipinski definition) is 7. The predicted octanol–water partition coefficient (Wildman–Crippen LogP) is 3.50. The standard InChI is InChI=1S/C21H23N3O5S/c1-3-4-5-20-23-21(24-29-20)15-6-10-17(11-7-15)28-14-19(25)22-16-8-12-18(13-9-16)30(2,26)27/h6-13H,3-5,14H2,1-2H3,(H,22,25). The smallest absolute Gasteiger partial charge is 0.262 e. The molecule has 1 aromatic heterocycles. The molecule has 1 amide bonds. The van der Waals surface area contributed by atoms with Gasteiger partial charge in [0.05, 0.1) is 4.90 Å². The van der Waals surface area contributed by atoms with Crippen molar-refractivity contribution in [1.82, 2.24) is 10.1 Å². The third-order valence-corrected chi connectivity index (χ3v) is 5.39. The lowest BCUT2D eigenvalue weighted by Crippen LogP contribution is -2.20. The van der Waals surface area contributed by atoms with Gasteiger partial charge in [0, 0.05) is 23.9 Å². The first-order valence-corrected chi connectivity index (χ1v) is 11.4. The first-order valence-electron chi connectivity index (χ1n) is 9.51. The van der Waals surface area contributed by atoms with E-state index < -0.39 is 9.84 Å². The lowest BCUT2D eigenvalue weighted by molar-refractivity contribution is -0.118. The summed E-state index contributed by atoms with van der Waals surface area (Å²) in [6.07, 6.45) is 3.95. The fourth-order valence-corrected chi connectivity index (χ4v) is 3.26. The number of ether oxygens (including phenoxy) is 1. The van der Waals surface area contributed by atoms with Gasteiger partial charge in [0.25, 0.3) is 5.91 Å². The van der Waals surface area contributed by atoms with Crippen LogP contribution in [0.25, 0.3) is 11.4 Å². The van der Waals surface area contributed by atoms with Crippen molar-refractivity contribution in [2.75, 3.05) is 18.2 Å². The van der Waals surface area contributed by atoms with E-state index in [2.05, 4.69) is 22.4 Å². The van der Waals surface area contributed by atoms with E-state index in [0.717, 1.165) is 31.1 Å². The first kappa shape index (κ1) is 21.5. The highest BCUT2D eigenvalue weighted by atomic mass is 32.2. The molecule has 8 nitrogen and oxygen atoms in total. The maximum atomic E-state index is 12.1. The summed E-state index contributed by atoms with van der Waals surface area (Å²) in [5, 5.41) is 6.64. The van der Waals surface area contributed by atoms with E-state index in [1.54, 1.807) is 24.3 Å². The van der Waals surface area contributed by atoms with Gasteiger partial charge < -0.3 is 14.6 Å². The van der Waals surface area contributed by atoms with Crippen LogP contribution in [0.5, 0.6) is 5.75 Å². The maximum Gasteiger partial charge on any atom is 0.262 e. The van der Waals surface area contributed by atoms with Crippen molar-refractivity contribution >= 4 is 21.4 Å². The number of nitrogens with zero attached hydrogens (tertiary/aromatic N) is 2. The van der Waals surface area contributed by atoms with Crippen molar-refractivity contribution in [2.24, 2.45) is 0 Å². The van der Waals surface area contributed by atoms with E-state index in [1.807, 2.05) is 0 Å². The molecular weight excluding hydrogens is 406 g/mol. The van der Waals surface area contributed by atoms with Crippen LogP contribution in [-0.4, -0.2) is 37.3 Å². The van der Waals surface area contributed by atoms with E-state index in [-0.39, 0.29) is 17.4 Å². The number of benzene rings is 2. The second kappa shape index (κ2) is 9.53. The van der Waals surface area contributed by atoms with Crippen LogP contribution in [0.15, 0.2) is 57.9 Å². The molecule has 9 heteroatoms. The number of aromatic nitrogens is 2. The molecule has 0 unspecified atom stereocenters. The minimum atomic E-state index is -3.27. The molecule has 0 spiro atoms. The van der Waals surface area contributed by atoms with E-state index in [9.17, 15) is 13.2 Å². The molecule has 0 saturated carbocycles. The van der Waals surface area contributed by atoms with Gasteiger partial charge in [-0.25, -0.2) is 8.42 Å². The minimum Gasteiger partial charge on any atom is -0.484 e. The van der Waals surface area contributed by atoms with Crippen LogP contribution >= 0.6 is 0 Å². The minimum absolute atomic E-state index is 0.184. The molecule has 0 radical (unpaired) electrons. The van der Waals surface area contributed by atoms with Crippen molar-refractivity contribution in [1.29, 1.82) is 0 Å². The quantitative estimate of drug-likeness (QED) is 0.554. The van der Waals surface area contributed by atoms with Crippen LogP contribution in [0, 0.1) is 0 Å². The van der Waals surface area contributed by atoms with Crippen LogP contribution in [0.4, 0.5) is 5.69 Å². The summed E-state index contributed by atoms with van der Waals surface area (Å²) in [7, 11) is -3.27. The third kappa shape index (κ3) is 5.90. The molecule has 0 aliphatic carbocycles. The lowest BCUT2D eigenvalue weighted by atomic mass is 10.2. The van der Waals surface area contributed by atoms with Crippen molar-refractivity contribution in [3.8, 4) is 17.1 Å². The summed E-state index contributed by atoms with van der Waals surface area (Å²) in [5.41, 5.74) is 1.28. The number of carbonyl (C=O) groups is 1. The SMILES string of the molecule is CCCCc1nc(-c2ccc(OCC(=O)Nc3ccc(S(C)(=O)=O)cc3)cc2)no1. The van der Waals surface area contributed by atoms with Gasteiger partial charge in [-0.15, -0.1) is 0 Å². The average molecular weight is 429 g/mol. The van der Waals surface area contributed by atoms with Gasteiger partial charge in [0.2, 0.25) is 11.7 Å². The summed E-state index contributed by atoms with van der Waals surface area (Å²) in [6, 6.07) is 13.0. The van der Waals surface area contributed by atoms with Crippen molar-refractivity contribution < 1.29 is 22.5 Å². The number of sulfone groups is 1. The number of aryl methyl sites for hydroxylation is 1. The zero-order chi connectivity index (χ0) is 21.6. The van der Waals surface area contributed by atoms with Gasteiger partial charge in [0.1, 0.15) is 5.75 Å². The molecule has 0 bridgehead atoms. The molecule has 0 aliphatic heterocycles. The number of anilines is 1. The molecule has 0 aliphatic rings. The number of carbonyl (C=O) groups excluding carboxylic acids is 1. The van der Waals surface area contributed by atoms with Crippen molar-refractivity contribution in [2.45, 2.75) is 31.1 Å². The molecule has 30 heavy (non-hydrogen) atoms. The number of amides is 1. The third-order valence-electron chi connectivity index (χ3n) is 4.26. The zero-order valence-electron chi connectivity index (χ0n) is 16.8. The Morgan fingerprint density at radius 3 is 2.43 bits per heavy atom. The fraction of sp³-hybridized carbons (Fsp3) is 0.286. The monoisotopic (exact) mass is 429 g/mol. The zero-order valence-corrected chi connectivity index (χ0v) is 17.6. The number of nitrogens with one attached hydrogen (secondary N) is 1. The van der Waals surface area contributed by atoms with Gasteiger partial charge in [0.15, 0.2) is 16.4 Å².